The minimum absolute atomic E-state index is 0.0526. The molecule has 0 fully saturated rings. The highest BCUT2D eigenvalue weighted by atomic mass is 16.5. The lowest BCUT2D eigenvalue weighted by Crippen LogP contribution is -1.96. The van der Waals surface area contributed by atoms with E-state index in [1.807, 2.05) is 38.2 Å². The van der Waals surface area contributed by atoms with Crippen LogP contribution in [0.4, 0.5) is 5.69 Å². The number of allylic oxidation sites excluding steroid dienone is 1. The molecule has 1 N–H and O–H groups in total. The molecule has 120 valence electrons. The van der Waals surface area contributed by atoms with Crippen LogP contribution in [0.3, 0.4) is 0 Å². The Hall–Kier alpha value is -2.75. The van der Waals surface area contributed by atoms with Crippen LogP contribution in [0.15, 0.2) is 42.5 Å². The number of hydrogen-bond donors (Lipinski definition) is 1. The smallest absolute Gasteiger partial charge is 0.185 e. The van der Waals surface area contributed by atoms with Gasteiger partial charge in [-0.3, -0.25) is 4.79 Å². The van der Waals surface area contributed by atoms with E-state index in [-0.39, 0.29) is 5.78 Å². The van der Waals surface area contributed by atoms with E-state index in [9.17, 15) is 4.79 Å². The van der Waals surface area contributed by atoms with Crippen molar-refractivity contribution in [3.63, 3.8) is 0 Å². The normalized spacial score (nSPS) is 10.6. The predicted octanol–water partition coefficient (Wildman–Crippen LogP) is 3.95. The van der Waals surface area contributed by atoms with Crippen molar-refractivity contribution in [2.45, 2.75) is 6.92 Å². The Balaban J connectivity index is 2.24. The van der Waals surface area contributed by atoms with Crippen molar-refractivity contribution in [3.8, 4) is 11.5 Å². The van der Waals surface area contributed by atoms with E-state index < -0.39 is 0 Å². The summed E-state index contributed by atoms with van der Waals surface area (Å²) in [5.74, 6) is 1.37. The molecule has 23 heavy (non-hydrogen) atoms. The van der Waals surface area contributed by atoms with E-state index in [0.717, 1.165) is 22.6 Å². The van der Waals surface area contributed by atoms with Crippen molar-refractivity contribution in [2.24, 2.45) is 0 Å². The minimum Gasteiger partial charge on any atom is -0.496 e. The zero-order valence-electron chi connectivity index (χ0n) is 13.8. The molecule has 4 nitrogen and oxygen atoms in total. The SMILES string of the molecule is CNc1ccc(C(=O)C=Cc2cc(C)c(OC)cc2OC)cc1. The molecule has 0 aliphatic rings. The van der Waals surface area contributed by atoms with Gasteiger partial charge in [0.25, 0.3) is 0 Å². The van der Waals surface area contributed by atoms with E-state index in [1.54, 1.807) is 38.5 Å². The van der Waals surface area contributed by atoms with Gasteiger partial charge in [-0.2, -0.15) is 0 Å². The molecule has 2 rings (SSSR count). The largest absolute Gasteiger partial charge is 0.496 e. The van der Waals surface area contributed by atoms with E-state index in [0.29, 0.717) is 11.3 Å². The summed E-state index contributed by atoms with van der Waals surface area (Å²) in [6.07, 6.45) is 3.32. The molecule has 0 heterocycles. The number of anilines is 1. The fourth-order valence-electron chi connectivity index (χ4n) is 2.28. The second-order valence-electron chi connectivity index (χ2n) is 5.09. The summed E-state index contributed by atoms with van der Waals surface area (Å²) in [5, 5.41) is 3.03. The third-order valence-electron chi connectivity index (χ3n) is 3.62. The zero-order chi connectivity index (χ0) is 16.8. The lowest BCUT2D eigenvalue weighted by molar-refractivity contribution is 0.104. The van der Waals surface area contributed by atoms with Crippen molar-refractivity contribution < 1.29 is 14.3 Å². The van der Waals surface area contributed by atoms with E-state index in [1.165, 1.54) is 0 Å². The van der Waals surface area contributed by atoms with Crippen LogP contribution in [0.1, 0.15) is 21.5 Å². The van der Waals surface area contributed by atoms with Gasteiger partial charge in [-0.15, -0.1) is 0 Å². The number of benzene rings is 2. The van der Waals surface area contributed by atoms with E-state index in [2.05, 4.69) is 5.32 Å². The maximum absolute atomic E-state index is 12.3. The van der Waals surface area contributed by atoms with Crippen LogP contribution in [0.2, 0.25) is 0 Å². The molecule has 2 aromatic rings. The molecule has 0 saturated carbocycles. The van der Waals surface area contributed by atoms with Gasteiger partial charge in [0.15, 0.2) is 5.78 Å². The average molecular weight is 311 g/mol. The number of hydrogen-bond acceptors (Lipinski definition) is 4. The highest BCUT2D eigenvalue weighted by molar-refractivity contribution is 6.07. The number of methoxy groups -OCH3 is 2. The van der Waals surface area contributed by atoms with Crippen molar-refractivity contribution >= 4 is 17.5 Å². The first-order valence-corrected chi connectivity index (χ1v) is 7.32. The van der Waals surface area contributed by atoms with Gasteiger partial charge in [0.1, 0.15) is 11.5 Å². The lowest BCUT2D eigenvalue weighted by atomic mass is 10.1. The Morgan fingerprint density at radius 2 is 1.70 bits per heavy atom. The second-order valence-corrected chi connectivity index (χ2v) is 5.09. The van der Waals surface area contributed by atoms with Crippen LogP contribution < -0.4 is 14.8 Å². The maximum atomic E-state index is 12.3. The number of nitrogens with one attached hydrogen (secondary N) is 1. The van der Waals surface area contributed by atoms with E-state index >= 15 is 0 Å². The second kappa shape index (κ2) is 7.49. The van der Waals surface area contributed by atoms with E-state index in [4.69, 9.17) is 9.47 Å². The van der Waals surface area contributed by atoms with Gasteiger partial charge in [-0.1, -0.05) is 0 Å². The summed E-state index contributed by atoms with van der Waals surface area (Å²) in [6.45, 7) is 1.95. The van der Waals surface area contributed by atoms with Gasteiger partial charge < -0.3 is 14.8 Å². The molecule has 4 heteroatoms. The van der Waals surface area contributed by atoms with Crippen molar-refractivity contribution in [1.82, 2.24) is 0 Å². The summed E-state index contributed by atoms with van der Waals surface area (Å²) in [6, 6.07) is 11.1. The molecule has 2 aromatic carbocycles. The number of carbonyl (C=O) groups excluding carboxylic acids is 1. The molecule has 0 saturated heterocycles. The fraction of sp³-hybridized carbons (Fsp3) is 0.211. The third kappa shape index (κ3) is 3.92. The van der Waals surface area contributed by atoms with Crippen molar-refractivity contribution in [1.29, 1.82) is 0 Å². The third-order valence-corrected chi connectivity index (χ3v) is 3.62. The highest BCUT2D eigenvalue weighted by Gasteiger charge is 2.07. The standard InChI is InChI=1S/C19H21NO3/c1-13-11-15(19(23-4)12-18(13)22-3)7-10-17(21)14-5-8-16(20-2)9-6-14/h5-12,20H,1-4H3. The number of ketones is 1. The molecule has 0 spiro atoms. The maximum Gasteiger partial charge on any atom is 0.185 e. The van der Waals surface area contributed by atoms with Crippen LogP contribution in [-0.2, 0) is 0 Å². The number of carbonyl (C=O) groups is 1. The van der Waals surface area contributed by atoms with Crippen molar-refractivity contribution in [2.75, 3.05) is 26.6 Å². The molecule has 0 bridgehead atoms. The zero-order valence-corrected chi connectivity index (χ0v) is 13.8. The van der Waals surface area contributed by atoms with Crippen LogP contribution >= 0.6 is 0 Å². The number of ether oxygens (including phenoxy) is 2. The Kier molecular flexibility index (Phi) is 5.41. The van der Waals surface area contributed by atoms with Gasteiger partial charge >= 0.3 is 0 Å². The summed E-state index contributed by atoms with van der Waals surface area (Å²) in [4.78, 5) is 12.3. The molecule has 0 amide bonds. The molecule has 0 aliphatic heterocycles. The number of rotatable bonds is 6. The number of aryl methyl sites for hydroxylation is 1. The molecule has 0 atom stereocenters. The molecular formula is C19H21NO3. The molecule has 0 aliphatic carbocycles. The van der Waals surface area contributed by atoms with Gasteiger partial charge in [0, 0.05) is 29.9 Å². The molecule has 0 radical (unpaired) electrons. The summed E-state index contributed by atoms with van der Waals surface area (Å²) in [7, 11) is 5.06. The quantitative estimate of drug-likeness (QED) is 0.648. The molecule has 0 unspecified atom stereocenters. The lowest BCUT2D eigenvalue weighted by Gasteiger charge is -2.10. The fourth-order valence-corrected chi connectivity index (χ4v) is 2.28. The van der Waals surface area contributed by atoms with Gasteiger partial charge in [-0.25, -0.2) is 0 Å². The van der Waals surface area contributed by atoms with Crippen LogP contribution in [-0.4, -0.2) is 27.1 Å². The topological polar surface area (TPSA) is 47.6 Å². The Morgan fingerprint density at radius 3 is 2.26 bits per heavy atom. The Morgan fingerprint density at radius 1 is 1.04 bits per heavy atom. The van der Waals surface area contributed by atoms with Gasteiger partial charge in [0.05, 0.1) is 14.2 Å². The molecule has 0 aromatic heterocycles. The van der Waals surface area contributed by atoms with Crippen LogP contribution in [0.5, 0.6) is 11.5 Å². The highest BCUT2D eigenvalue weighted by Crippen LogP contribution is 2.29. The first-order valence-electron chi connectivity index (χ1n) is 7.32. The summed E-state index contributed by atoms with van der Waals surface area (Å²) in [5.41, 5.74) is 3.44. The average Bonchev–Trinajstić information content (AvgIpc) is 2.59. The predicted molar refractivity (Wildman–Crippen MR) is 93.6 cm³/mol. The van der Waals surface area contributed by atoms with Crippen LogP contribution in [0.25, 0.3) is 6.08 Å². The van der Waals surface area contributed by atoms with Crippen LogP contribution in [0, 0.1) is 6.92 Å². The Bertz CT molecular complexity index is 718. The van der Waals surface area contributed by atoms with Gasteiger partial charge in [0.2, 0.25) is 0 Å². The van der Waals surface area contributed by atoms with Gasteiger partial charge in [-0.05, 0) is 55.0 Å². The first-order chi connectivity index (χ1) is 11.1. The summed E-state index contributed by atoms with van der Waals surface area (Å²) >= 11 is 0. The molecular weight excluding hydrogens is 290 g/mol. The minimum atomic E-state index is -0.0526. The van der Waals surface area contributed by atoms with Crippen molar-refractivity contribution in [3.05, 3.63) is 59.2 Å². The monoisotopic (exact) mass is 311 g/mol. The first kappa shape index (κ1) is 16.6. The Labute approximate surface area is 136 Å². The summed E-state index contributed by atoms with van der Waals surface area (Å²) < 4.78 is 10.6.